The molecule has 2 amide bonds. The molecule has 0 bridgehead atoms. The molecule has 0 spiro atoms. The maximum Gasteiger partial charge on any atom is 0.325 e. The van der Waals surface area contributed by atoms with Crippen LogP contribution in [-0.2, 0) is 34.4 Å². The number of esters is 2. The predicted octanol–water partition coefficient (Wildman–Crippen LogP) is 1.52. The highest BCUT2D eigenvalue weighted by atomic mass is 79.9. The van der Waals surface area contributed by atoms with Crippen LogP contribution >= 0.6 is 27.7 Å². The minimum Gasteiger partial charge on any atom is -0.465 e. The smallest absolute Gasteiger partial charge is 0.325 e. The molecule has 0 heterocycles. The summed E-state index contributed by atoms with van der Waals surface area (Å²) in [5, 5.41) is 5.14. The lowest BCUT2D eigenvalue weighted by molar-refractivity contribution is -0.145. The number of hydrogen-bond donors (Lipinski definition) is 3. The van der Waals surface area contributed by atoms with Gasteiger partial charge in [0.25, 0.3) is 0 Å². The Balaban J connectivity index is 2.63. The van der Waals surface area contributed by atoms with Crippen LogP contribution in [-0.4, -0.2) is 61.3 Å². The number of nitrogens with one attached hydrogen (secondary N) is 2. The van der Waals surface area contributed by atoms with Crippen molar-refractivity contribution in [1.82, 2.24) is 10.6 Å². The largest absolute Gasteiger partial charge is 0.465 e. The number of carbonyl (C=O) groups is 4. The molecule has 1 aromatic rings. The highest BCUT2D eigenvalue weighted by Crippen LogP contribution is 2.16. The first kappa shape index (κ1) is 27.9. The Labute approximate surface area is 200 Å². The third kappa shape index (κ3) is 11.5. The molecule has 0 aliphatic heterocycles. The first-order chi connectivity index (χ1) is 15.3. The second-order valence-electron chi connectivity index (χ2n) is 6.68. The Kier molecular flexibility index (Phi) is 13.7. The third-order valence-electron chi connectivity index (χ3n) is 4.10. The van der Waals surface area contributed by atoms with E-state index >= 15 is 0 Å². The van der Waals surface area contributed by atoms with Crippen molar-refractivity contribution in [3.63, 3.8) is 0 Å². The summed E-state index contributed by atoms with van der Waals surface area (Å²) < 4.78 is 10.6. The summed E-state index contributed by atoms with van der Waals surface area (Å²) in [4.78, 5) is 48.0. The van der Waals surface area contributed by atoms with E-state index in [-0.39, 0.29) is 32.6 Å². The number of rotatable bonds is 14. The van der Waals surface area contributed by atoms with Crippen molar-refractivity contribution in [3.8, 4) is 0 Å². The Bertz CT molecular complexity index is 762. The lowest BCUT2D eigenvalue weighted by atomic mass is 10.1. The second-order valence-corrected chi connectivity index (χ2v) is 8.63. The van der Waals surface area contributed by atoms with Crippen molar-refractivity contribution in [2.75, 3.05) is 25.5 Å². The SMILES string of the molecule is CCOC(=O)CNC(=O)[C@@H](CSCc1ccc(Br)cc1)NC(=O)CCC(N)C(=O)OCC. The van der Waals surface area contributed by atoms with Gasteiger partial charge in [0.2, 0.25) is 11.8 Å². The van der Waals surface area contributed by atoms with Gasteiger partial charge in [-0.1, -0.05) is 28.1 Å². The molecule has 0 radical (unpaired) electrons. The number of ether oxygens (including phenoxy) is 2. The summed E-state index contributed by atoms with van der Waals surface area (Å²) in [5.41, 5.74) is 6.78. The Hall–Kier alpha value is -2.11. The van der Waals surface area contributed by atoms with Crippen molar-refractivity contribution in [2.24, 2.45) is 5.73 Å². The molecule has 0 saturated heterocycles. The molecule has 1 aromatic carbocycles. The van der Waals surface area contributed by atoms with Gasteiger partial charge in [0.15, 0.2) is 0 Å². The monoisotopic (exact) mass is 531 g/mol. The first-order valence-electron chi connectivity index (χ1n) is 10.2. The van der Waals surface area contributed by atoms with Gasteiger partial charge in [-0.15, -0.1) is 0 Å². The molecule has 0 aliphatic carbocycles. The number of nitrogens with two attached hydrogens (primary N) is 1. The number of thioether (sulfide) groups is 1. The molecular formula is C21H30BrN3O6S. The molecule has 2 atom stereocenters. The summed E-state index contributed by atoms with van der Waals surface area (Å²) >= 11 is 4.85. The molecule has 1 unspecified atom stereocenters. The van der Waals surface area contributed by atoms with E-state index in [0.717, 1.165) is 10.0 Å². The van der Waals surface area contributed by atoms with Gasteiger partial charge in [-0.25, -0.2) is 0 Å². The van der Waals surface area contributed by atoms with Crippen LogP contribution in [0, 0.1) is 0 Å². The molecule has 1 rings (SSSR count). The van der Waals surface area contributed by atoms with Gasteiger partial charge in [0, 0.05) is 22.4 Å². The fourth-order valence-electron chi connectivity index (χ4n) is 2.47. The maximum absolute atomic E-state index is 12.6. The second kappa shape index (κ2) is 15.7. The van der Waals surface area contributed by atoms with Gasteiger partial charge >= 0.3 is 11.9 Å². The number of amides is 2. The topological polar surface area (TPSA) is 137 Å². The maximum atomic E-state index is 12.6. The van der Waals surface area contributed by atoms with E-state index in [4.69, 9.17) is 15.2 Å². The molecule has 32 heavy (non-hydrogen) atoms. The lowest BCUT2D eigenvalue weighted by Crippen LogP contribution is -2.49. The zero-order chi connectivity index (χ0) is 23.9. The van der Waals surface area contributed by atoms with Crippen molar-refractivity contribution >= 4 is 51.4 Å². The average Bonchev–Trinajstić information content (AvgIpc) is 2.76. The number of carbonyl (C=O) groups excluding carboxylic acids is 4. The molecule has 9 nitrogen and oxygen atoms in total. The summed E-state index contributed by atoms with van der Waals surface area (Å²) in [6, 6.07) is 5.99. The van der Waals surface area contributed by atoms with Gasteiger partial charge in [-0.2, -0.15) is 11.8 Å². The normalized spacial score (nSPS) is 12.4. The number of halogens is 1. The zero-order valence-corrected chi connectivity index (χ0v) is 20.6. The number of hydrogen-bond acceptors (Lipinski definition) is 8. The van der Waals surface area contributed by atoms with Crippen molar-refractivity contribution in [3.05, 3.63) is 34.3 Å². The molecule has 0 fully saturated rings. The molecular weight excluding hydrogens is 502 g/mol. The van der Waals surface area contributed by atoms with E-state index in [2.05, 4.69) is 26.6 Å². The van der Waals surface area contributed by atoms with E-state index in [1.807, 2.05) is 24.3 Å². The quantitative estimate of drug-likeness (QED) is 0.307. The van der Waals surface area contributed by atoms with Crippen molar-refractivity contribution in [2.45, 2.75) is 44.5 Å². The summed E-state index contributed by atoms with van der Waals surface area (Å²) in [6.45, 7) is 3.46. The summed E-state index contributed by atoms with van der Waals surface area (Å²) in [6.07, 6.45) is 0.0485. The summed E-state index contributed by atoms with van der Waals surface area (Å²) in [7, 11) is 0. The van der Waals surface area contributed by atoms with Gasteiger partial charge < -0.3 is 25.8 Å². The van der Waals surface area contributed by atoms with Gasteiger partial charge in [0.05, 0.1) is 13.2 Å². The van der Waals surface area contributed by atoms with Crippen LogP contribution in [0.15, 0.2) is 28.7 Å². The highest BCUT2D eigenvalue weighted by Gasteiger charge is 2.23. The summed E-state index contributed by atoms with van der Waals surface area (Å²) in [5.74, 6) is -1.13. The van der Waals surface area contributed by atoms with Crippen LogP contribution in [0.1, 0.15) is 32.3 Å². The molecule has 11 heteroatoms. The standard InChI is InChI=1S/C21H30BrN3O6S/c1-3-30-19(27)11-24-20(28)17(13-32-12-14-5-7-15(22)8-6-14)25-18(26)10-9-16(23)21(29)31-4-2/h5-8,16-17H,3-4,9-13,23H2,1-2H3,(H,24,28)(H,25,26)/t16?,17-/m1/s1. The lowest BCUT2D eigenvalue weighted by Gasteiger charge is -2.19. The zero-order valence-electron chi connectivity index (χ0n) is 18.2. The van der Waals surface area contributed by atoms with Crippen molar-refractivity contribution in [1.29, 1.82) is 0 Å². The van der Waals surface area contributed by atoms with Crippen LogP contribution in [0.4, 0.5) is 0 Å². The molecule has 178 valence electrons. The van der Waals surface area contributed by atoms with Crippen LogP contribution in [0.3, 0.4) is 0 Å². The molecule has 0 aliphatic rings. The van der Waals surface area contributed by atoms with E-state index in [1.165, 1.54) is 11.8 Å². The van der Waals surface area contributed by atoms with E-state index < -0.39 is 35.8 Å². The first-order valence-corrected chi connectivity index (χ1v) is 12.2. The molecule has 0 aromatic heterocycles. The minimum atomic E-state index is -0.913. The van der Waals surface area contributed by atoms with E-state index in [0.29, 0.717) is 11.5 Å². The highest BCUT2D eigenvalue weighted by molar-refractivity contribution is 9.10. The predicted molar refractivity (Wildman–Crippen MR) is 126 cm³/mol. The van der Waals surface area contributed by atoms with Gasteiger partial charge in [-0.05, 0) is 38.0 Å². The van der Waals surface area contributed by atoms with Gasteiger partial charge in [-0.3, -0.25) is 19.2 Å². The minimum absolute atomic E-state index is 0.0426. The van der Waals surface area contributed by atoms with Crippen LogP contribution in [0.5, 0.6) is 0 Å². The van der Waals surface area contributed by atoms with E-state index in [9.17, 15) is 19.2 Å². The molecule has 4 N–H and O–H groups in total. The Morgan fingerprint density at radius 1 is 1.09 bits per heavy atom. The van der Waals surface area contributed by atoms with Gasteiger partial charge in [0.1, 0.15) is 18.6 Å². The third-order valence-corrected chi connectivity index (χ3v) is 5.74. The number of benzene rings is 1. The fraction of sp³-hybridized carbons (Fsp3) is 0.524. The van der Waals surface area contributed by atoms with Crippen LogP contribution in [0.2, 0.25) is 0 Å². The Morgan fingerprint density at radius 3 is 2.38 bits per heavy atom. The average molecular weight is 532 g/mol. The van der Waals surface area contributed by atoms with Crippen molar-refractivity contribution < 1.29 is 28.7 Å². The fourth-order valence-corrected chi connectivity index (χ4v) is 3.75. The Morgan fingerprint density at radius 2 is 1.75 bits per heavy atom. The van der Waals surface area contributed by atoms with Crippen LogP contribution in [0.25, 0.3) is 0 Å². The molecule has 0 saturated carbocycles. The van der Waals surface area contributed by atoms with E-state index in [1.54, 1.807) is 13.8 Å². The van der Waals surface area contributed by atoms with Crippen LogP contribution < -0.4 is 16.4 Å².